The van der Waals surface area contributed by atoms with E-state index >= 15 is 0 Å². The zero-order valence-electron chi connectivity index (χ0n) is 5.65. The van der Waals surface area contributed by atoms with Crippen molar-refractivity contribution < 1.29 is 22.5 Å². The van der Waals surface area contributed by atoms with Gasteiger partial charge in [-0.15, -0.1) is 0 Å². The molecule has 11 heavy (non-hydrogen) atoms. The number of alkyl halides is 1. The maximum absolute atomic E-state index is 10.5. The average molecular weight is 203 g/mol. The van der Waals surface area contributed by atoms with Gasteiger partial charge in [-0.3, -0.25) is 4.55 Å². The number of ether oxygens (including phenoxy) is 1. The summed E-state index contributed by atoms with van der Waals surface area (Å²) < 4.78 is 30.8. The minimum Gasteiger partial charge on any atom is -0.464 e. The van der Waals surface area contributed by atoms with E-state index < -0.39 is 20.8 Å². The molecular weight excluding hydrogens is 196 g/mol. The molecule has 1 unspecified atom stereocenters. The molecule has 7 heteroatoms. The van der Waals surface area contributed by atoms with Crippen LogP contribution >= 0.6 is 11.6 Å². The van der Waals surface area contributed by atoms with Crippen molar-refractivity contribution in [1.29, 1.82) is 0 Å². The molecule has 1 N–H and O–H groups in total. The third-order valence-corrected chi connectivity index (χ3v) is 2.30. The molecule has 0 aromatic carbocycles. The van der Waals surface area contributed by atoms with Crippen LogP contribution in [0.25, 0.3) is 0 Å². The van der Waals surface area contributed by atoms with Gasteiger partial charge < -0.3 is 4.74 Å². The molecule has 0 saturated heterocycles. The molecule has 0 saturated carbocycles. The Balaban J connectivity index is 4.27. The zero-order chi connectivity index (χ0) is 9.07. The van der Waals surface area contributed by atoms with Crippen LogP contribution < -0.4 is 0 Å². The Kier molecular flexibility index (Phi) is 3.77. The van der Waals surface area contributed by atoms with Gasteiger partial charge in [0.05, 0.1) is 6.61 Å². The summed E-state index contributed by atoms with van der Waals surface area (Å²) in [5.41, 5.74) is 0. The average Bonchev–Trinajstić information content (AvgIpc) is 1.85. The zero-order valence-corrected chi connectivity index (χ0v) is 7.22. The summed E-state index contributed by atoms with van der Waals surface area (Å²) in [5.74, 6) is -1.17. The van der Waals surface area contributed by atoms with Gasteiger partial charge in [0.15, 0.2) is 0 Å². The Bertz CT molecular complexity index is 233. The Morgan fingerprint density at radius 2 is 2.18 bits per heavy atom. The van der Waals surface area contributed by atoms with E-state index in [-0.39, 0.29) is 6.61 Å². The third-order valence-electron chi connectivity index (χ3n) is 0.733. The van der Waals surface area contributed by atoms with Gasteiger partial charge in [0, 0.05) is 0 Å². The molecule has 0 rings (SSSR count). The van der Waals surface area contributed by atoms with Gasteiger partial charge >= 0.3 is 5.97 Å². The largest absolute Gasteiger partial charge is 0.464 e. The number of carbonyl (C=O) groups is 1. The van der Waals surface area contributed by atoms with Gasteiger partial charge in [-0.05, 0) is 6.92 Å². The van der Waals surface area contributed by atoms with Crippen LogP contribution in [0.5, 0.6) is 0 Å². The highest BCUT2D eigenvalue weighted by molar-refractivity contribution is 7.88. The van der Waals surface area contributed by atoms with Crippen LogP contribution in [-0.4, -0.2) is 30.3 Å². The van der Waals surface area contributed by atoms with E-state index in [4.69, 9.17) is 16.2 Å². The number of halogens is 1. The first kappa shape index (κ1) is 10.7. The van der Waals surface area contributed by atoms with Crippen LogP contribution in [0.1, 0.15) is 6.92 Å². The molecule has 0 aliphatic heterocycles. The lowest BCUT2D eigenvalue weighted by Gasteiger charge is -2.03. The van der Waals surface area contributed by atoms with E-state index in [0.717, 1.165) is 0 Å². The van der Waals surface area contributed by atoms with Gasteiger partial charge in [0.25, 0.3) is 14.8 Å². The number of esters is 1. The lowest BCUT2D eigenvalue weighted by molar-refractivity contribution is -0.141. The highest BCUT2D eigenvalue weighted by Crippen LogP contribution is 2.05. The van der Waals surface area contributed by atoms with Crippen LogP contribution in [0.3, 0.4) is 0 Å². The van der Waals surface area contributed by atoms with Crippen LogP contribution in [0.2, 0.25) is 0 Å². The normalized spacial score (nSPS) is 14.1. The summed E-state index contributed by atoms with van der Waals surface area (Å²) >= 11 is 4.97. The molecule has 0 aromatic heterocycles. The SMILES string of the molecule is CCOC(=O)C(Cl)S(=O)(=O)O. The van der Waals surface area contributed by atoms with Crippen molar-refractivity contribution in [2.75, 3.05) is 6.61 Å². The fourth-order valence-corrected chi connectivity index (χ4v) is 0.704. The van der Waals surface area contributed by atoms with E-state index in [2.05, 4.69) is 4.74 Å². The van der Waals surface area contributed by atoms with Crippen LogP contribution in [0.4, 0.5) is 0 Å². The van der Waals surface area contributed by atoms with E-state index in [1.54, 1.807) is 0 Å². The minimum atomic E-state index is -4.53. The molecule has 0 bridgehead atoms. The van der Waals surface area contributed by atoms with Crippen molar-refractivity contribution in [2.45, 2.75) is 11.6 Å². The predicted molar refractivity (Wildman–Crippen MR) is 37.8 cm³/mol. The maximum atomic E-state index is 10.5. The first-order chi connectivity index (χ1) is 4.89. The Hall–Kier alpha value is -0.330. The summed E-state index contributed by atoms with van der Waals surface area (Å²) in [4.78, 5) is 10.5. The Labute approximate surface area is 69.0 Å². The lowest BCUT2D eigenvalue weighted by Crippen LogP contribution is -2.26. The van der Waals surface area contributed by atoms with Crippen molar-refractivity contribution >= 4 is 27.7 Å². The van der Waals surface area contributed by atoms with Crippen LogP contribution in [0, 0.1) is 0 Å². The second-order valence-electron chi connectivity index (χ2n) is 1.58. The second-order valence-corrected chi connectivity index (χ2v) is 3.78. The summed E-state index contributed by atoms with van der Waals surface area (Å²) in [6.07, 6.45) is 0. The number of hydrogen-bond acceptors (Lipinski definition) is 4. The maximum Gasteiger partial charge on any atom is 0.342 e. The monoisotopic (exact) mass is 202 g/mol. The molecule has 0 amide bonds. The number of hydrogen-bond donors (Lipinski definition) is 1. The minimum absolute atomic E-state index is 0.0115. The summed E-state index contributed by atoms with van der Waals surface area (Å²) in [7, 11) is -4.53. The fraction of sp³-hybridized carbons (Fsp3) is 0.750. The molecule has 0 heterocycles. The number of carbonyl (C=O) groups excluding carboxylic acids is 1. The molecule has 5 nitrogen and oxygen atoms in total. The van der Waals surface area contributed by atoms with Gasteiger partial charge in [-0.1, -0.05) is 11.6 Å². The molecule has 0 aromatic rings. The molecular formula is C4H7ClO5S. The van der Waals surface area contributed by atoms with Crippen molar-refractivity contribution in [1.82, 2.24) is 0 Å². The Morgan fingerprint density at radius 1 is 1.73 bits per heavy atom. The topological polar surface area (TPSA) is 80.7 Å². The first-order valence-electron chi connectivity index (χ1n) is 2.66. The van der Waals surface area contributed by atoms with Crippen molar-refractivity contribution in [3.63, 3.8) is 0 Å². The van der Waals surface area contributed by atoms with Crippen molar-refractivity contribution in [2.24, 2.45) is 0 Å². The van der Waals surface area contributed by atoms with Gasteiger partial charge in [-0.2, -0.15) is 8.42 Å². The molecule has 66 valence electrons. The Morgan fingerprint density at radius 3 is 2.45 bits per heavy atom. The highest BCUT2D eigenvalue weighted by Gasteiger charge is 2.29. The van der Waals surface area contributed by atoms with Crippen LogP contribution in [-0.2, 0) is 19.6 Å². The summed E-state index contributed by atoms with van der Waals surface area (Å²) in [6.45, 7) is 1.50. The molecule has 0 radical (unpaired) electrons. The summed E-state index contributed by atoms with van der Waals surface area (Å²) in [6, 6.07) is 0. The quantitative estimate of drug-likeness (QED) is 0.396. The van der Waals surface area contributed by atoms with Crippen molar-refractivity contribution in [3.8, 4) is 0 Å². The van der Waals surface area contributed by atoms with E-state index in [0.29, 0.717) is 0 Å². The third kappa shape index (κ3) is 3.54. The molecule has 0 spiro atoms. The van der Waals surface area contributed by atoms with Gasteiger partial charge in [-0.25, -0.2) is 4.79 Å². The second kappa shape index (κ2) is 3.89. The molecule has 1 atom stereocenters. The molecule has 0 aliphatic carbocycles. The number of rotatable bonds is 3. The van der Waals surface area contributed by atoms with Crippen LogP contribution in [0.15, 0.2) is 0 Å². The van der Waals surface area contributed by atoms with E-state index in [9.17, 15) is 13.2 Å². The van der Waals surface area contributed by atoms with E-state index in [1.807, 2.05) is 0 Å². The first-order valence-corrected chi connectivity index (χ1v) is 4.60. The fourth-order valence-electron chi connectivity index (χ4n) is 0.329. The smallest absolute Gasteiger partial charge is 0.342 e. The molecule has 0 aliphatic rings. The van der Waals surface area contributed by atoms with Crippen molar-refractivity contribution in [3.05, 3.63) is 0 Å². The highest BCUT2D eigenvalue weighted by atomic mass is 35.5. The molecule has 0 fully saturated rings. The van der Waals surface area contributed by atoms with Gasteiger partial charge in [0.2, 0.25) is 0 Å². The predicted octanol–water partition coefficient (Wildman–Crippen LogP) is 0.00220. The van der Waals surface area contributed by atoms with E-state index in [1.165, 1.54) is 6.92 Å². The summed E-state index contributed by atoms with van der Waals surface area (Å²) in [5, 5.41) is 0. The lowest BCUT2D eigenvalue weighted by atomic mass is 10.7. The van der Waals surface area contributed by atoms with Gasteiger partial charge in [0.1, 0.15) is 0 Å². The standard InChI is InChI=1S/C4H7ClO5S/c1-2-10-4(6)3(5)11(7,8)9/h3H,2H2,1H3,(H,7,8,9).